The van der Waals surface area contributed by atoms with Crippen LogP contribution in [-0.2, 0) is 21.3 Å². The number of nitrogens with zero attached hydrogens (tertiary/aromatic N) is 2. The van der Waals surface area contributed by atoms with Gasteiger partial charge in [0, 0.05) is 26.2 Å². The lowest BCUT2D eigenvalue weighted by molar-refractivity contribution is 0.0400. The predicted molar refractivity (Wildman–Crippen MR) is 96.8 cm³/mol. The van der Waals surface area contributed by atoms with Crippen LogP contribution >= 0.6 is 0 Å². The Labute approximate surface area is 154 Å². The highest BCUT2D eigenvalue weighted by Crippen LogP contribution is 2.26. The first-order valence-corrected chi connectivity index (χ1v) is 10.5. The zero-order valence-corrected chi connectivity index (χ0v) is 15.9. The molecule has 1 aromatic carbocycles. The van der Waals surface area contributed by atoms with Crippen molar-refractivity contribution in [2.45, 2.75) is 31.1 Å². The zero-order chi connectivity index (χ0) is 18.7. The number of carbonyl (C=O) groups is 1. The number of rotatable bonds is 3. The summed E-state index contributed by atoms with van der Waals surface area (Å²) in [4.78, 5) is 16.2. The first-order chi connectivity index (χ1) is 12.3. The number of urea groups is 1. The minimum Gasteiger partial charge on any atom is -0.378 e. The highest BCUT2D eigenvalue weighted by Gasteiger charge is 2.28. The van der Waals surface area contributed by atoms with Crippen LogP contribution in [0.1, 0.15) is 24.0 Å². The van der Waals surface area contributed by atoms with Gasteiger partial charge in [-0.3, -0.25) is 4.55 Å². The van der Waals surface area contributed by atoms with E-state index >= 15 is 0 Å². The van der Waals surface area contributed by atoms with Gasteiger partial charge in [-0.05, 0) is 43.7 Å². The second kappa shape index (κ2) is 7.94. The van der Waals surface area contributed by atoms with Gasteiger partial charge < -0.3 is 14.5 Å². The summed E-state index contributed by atoms with van der Waals surface area (Å²) in [5.74, 6) is 0.297. The van der Waals surface area contributed by atoms with Crippen molar-refractivity contribution in [3.05, 3.63) is 29.3 Å². The summed E-state index contributed by atoms with van der Waals surface area (Å²) in [5.41, 5.74) is 1.62. The molecule has 0 atom stereocenters. The van der Waals surface area contributed by atoms with Gasteiger partial charge >= 0.3 is 6.03 Å². The first-order valence-electron chi connectivity index (χ1n) is 9.03. The number of aryl methyl sites for hydroxylation is 1. The maximum absolute atomic E-state index is 12.5. The first kappa shape index (κ1) is 19.1. The Morgan fingerprint density at radius 3 is 2.38 bits per heavy atom. The van der Waals surface area contributed by atoms with Gasteiger partial charge in [-0.1, -0.05) is 17.7 Å². The fourth-order valence-electron chi connectivity index (χ4n) is 3.71. The lowest BCUT2D eigenvalue weighted by Gasteiger charge is -2.37. The van der Waals surface area contributed by atoms with Gasteiger partial charge in [-0.25, -0.2) is 4.79 Å². The molecule has 3 rings (SSSR count). The van der Waals surface area contributed by atoms with E-state index in [9.17, 15) is 17.8 Å². The standard InChI is InChI=1S/C18H26N2O5S/c1-14-2-3-17(26(22,23)24)16(12-14)13-15-4-6-19(7-5-15)18(21)20-8-10-25-11-9-20/h2-3,12,15H,4-11,13H2,1H3,(H,22,23,24). The zero-order valence-electron chi connectivity index (χ0n) is 15.1. The Hall–Kier alpha value is -1.64. The second-order valence-electron chi connectivity index (χ2n) is 7.10. The highest BCUT2D eigenvalue weighted by atomic mass is 32.2. The molecule has 7 nitrogen and oxygen atoms in total. The Balaban J connectivity index is 1.61. The summed E-state index contributed by atoms with van der Waals surface area (Å²) in [6.45, 7) is 5.71. The second-order valence-corrected chi connectivity index (χ2v) is 8.49. The molecule has 2 aliphatic rings. The summed E-state index contributed by atoms with van der Waals surface area (Å²) >= 11 is 0. The van der Waals surface area contributed by atoms with Crippen molar-refractivity contribution >= 4 is 16.1 Å². The van der Waals surface area contributed by atoms with Crippen LogP contribution in [-0.4, -0.2) is 68.2 Å². The number of benzene rings is 1. The highest BCUT2D eigenvalue weighted by molar-refractivity contribution is 7.85. The third kappa shape index (κ3) is 4.55. The Bertz CT molecular complexity index is 751. The molecular weight excluding hydrogens is 356 g/mol. The third-order valence-electron chi connectivity index (χ3n) is 5.17. The van der Waals surface area contributed by atoms with Crippen molar-refractivity contribution in [3.8, 4) is 0 Å². The van der Waals surface area contributed by atoms with Crippen LogP contribution < -0.4 is 0 Å². The van der Waals surface area contributed by atoms with Crippen LogP contribution in [0.25, 0.3) is 0 Å². The van der Waals surface area contributed by atoms with Crippen molar-refractivity contribution < 1.29 is 22.5 Å². The molecule has 2 amide bonds. The molecule has 0 spiro atoms. The number of likely N-dealkylation sites (tertiary alicyclic amines) is 1. The smallest absolute Gasteiger partial charge is 0.320 e. The largest absolute Gasteiger partial charge is 0.378 e. The molecule has 8 heteroatoms. The van der Waals surface area contributed by atoms with Crippen molar-refractivity contribution in [1.29, 1.82) is 0 Å². The van der Waals surface area contributed by atoms with Gasteiger partial charge in [0.1, 0.15) is 0 Å². The van der Waals surface area contributed by atoms with Gasteiger partial charge in [0.15, 0.2) is 0 Å². The lowest BCUT2D eigenvalue weighted by Crippen LogP contribution is -2.50. The quantitative estimate of drug-likeness (QED) is 0.808. The molecule has 0 bridgehead atoms. The van der Waals surface area contributed by atoms with Crippen LogP contribution in [0.2, 0.25) is 0 Å². The molecular formula is C18H26N2O5S. The minimum absolute atomic E-state index is 0.00470. The molecule has 1 N–H and O–H groups in total. The normalized spacial score (nSPS) is 19.6. The fourth-order valence-corrected chi connectivity index (χ4v) is 4.43. The number of piperidine rings is 1. The molecule has 0 saturated carbocycles. The van der Waals surface area contributed by atoms with Crippen LogP contribution in [0.4, 0.5) is 4.79 Å². The van der Waals surface area contributed by atoms with E-state index in [1.807, 2.05) is 22.8 Å². The average Bonchev–Trinajstić information content (AvgIpc) is 2.61. The van der Waals surface area contributed by atoms with Gasteiger partial charge in [-0.15, -0.1) is 0 Å². The Kier molecular flexibility index (Phi) is 5.84. The van der Waals surface area contributed by atoms with Crippen molar-refractivity contribution in [1.82, 2.24) is 9.80 Å². The monoisotopic (exact) mass is 382 g/mol. The van der Waals surface area contributed by atoms with Crippen LogP contribution in [0.15, 0.2) is 23.1 Å². The van der Waals surface area contributed by atoms with Crippen LogP contribution in [0, 0.1) is 12.8 Å². The van der Waals surface area contributed by atoms with Crippen molar-refractivity contribution in [2.75, 3.05) is 39.4 Å². The molecule has 144 valence electrons. The maximum atomic E-state index is 12.5. The number of hydrogen-bond acceptors (Lipinski definition) is 4. The number of carbonyl (C=O) groups excluding carboxylic acids is 1. The van der Waals surface area contributed by atoms with Crippen LogP contribution in [0.3, 0.4) is 0 Å². The lowest BCUT2D eigenvalue weighted by atomic mass is 9.90. The molecule has 2 heterocycles. The summed E-state index contributed by atoms with van der Waals surface area (Å²) in [5, 5.41) is 0. The Morgan fingerprint density at radius 1 is 1.15 bits per heavy atom. The van der Waals surface area contributed by atoms with Gasteiger partial charge in [-0.2, -0.15) is 8.42 Å². The van der Waals surface area contributed by atoms with E-state index in [-0.39, 0.29) is 10.9 Å². The van der Waals surface area contributed by atoms with Gasteiger partial charge in [0.2, 0.25) is 0 Å². The fraction of sp³-hybridized carbons (Fsp3) is 0.611. The van der Waals surface area contributed by atoms with E-state index in [1.54, 1.807) is 6.07 Å². The van der Waals surface area contributed by atoms with Crippen LogP contribution in [0.5, 0.6) is 0 Å². The number of ether oxygens (including phenoxy) is 1. The number of morpholine rings is 1. The molecule has 2 aliphatic heterocycles. The van der Waals surface area contributed by atoms with Gasteiger partial charge in [0.25, 0.3) is 10.1 Å². The molecule has 2 fully saturated rings. The molecule has 0 aromatic heterocycles. The predicted octanol–water partition coefficient (Wildman–Crippen LogP) is 1.95. The SMILES string of the molecule is Cc1ccc(S(=O)(=O)O)c(CC2CCN(C(=O)N3CCOCC3)CC2)c1. The molecule has 0 radical (unpaired) electrons. The molecule has 2 saturated heterocycles. The summed E-state index contributed by atoms with van der Waals surface area (Å²) in [6, 6.07) is 5.06. The molecule has 1 aromatic rings. The number of hydrogen-bond donors (Lipinski definition) is 1. The van der Waals surface area contributed by atoms with E-state index < -0.39 is 10.1 Å². The molecule has 0 aliphatic carbocycles. The van der Waals surface area contributed by atoms with E-state index in [4.69, 9.17) is 4.74 Å². The Morgan fingerprint density at radius 2 is 1.77 bits per heavy atom. The average molecular weight is 382 g/mol. The number of amides is 2. The van der Waals surface area contributed by atoms with Crippen molar-refractivity contribution in [3.63, 3.8) is 0 Å². The topological polar surface area (TPSA) is 87.2 Å². The molecule has 0 unspecified atom stereocenters. The maximum Gasteiger partial charge on any atom is 0.320 e. The minimum atomic E-state index is -4.22. The van der Waals surface area contributed by atoms with E-state index in [0.717, 1.165) is 18.4 Å². The van der Waals surface area contributed by atoms with Gasteiger partial charge in [0.05, 0.1) is 18.1 Å². The summed E-state index contributed by atoms with van der Waals surface area (Å²) in [7, 11) is -4.22. The molecule has 26 heavy (non-hydrogen) atoms. The van der Waals surface area contributed by atoms with Crippen molar-refractivity contribution in [2.24, 2.45) is 5.92 Å². The van der Waals surface area contributed by atoms with E-state index in [1.165, 1.54) is 6.07 Å². The third-order valence-corrected chi connectivity index (χ3v) is 6.12. The summed E-state index contributed by atoms with van der Waals surface area (Å²) in [6.07, 6.45) is 2.25. The van der Waals surface area contributed by atoms with E-state index in [2.05, 4.69) is 0 Å². The van der Waals surface area contributed by atoms with E-state index in [0.29, 0.717) is 57.3 Å². The summed E-state index contributed by atoms with van der Waals surface area (Å²) < 4.78 is 38.0.